The lowest BCUT2D eigenvalue weighted by atomic mass is 9.93. The van der Waals surface area contributed by atoms with Gasteiger partial charge in [-0.3, -0.25) is 24.2 Å². The number of esters is 1. The standard InChI is InChI=1S/C29H45N5O7/c1-19(2)9-6-4-5-7-11-26(36)34-18-20-12-13-24(25(15-20)40-3)41-28(39)21(10-8-14-33-29(31)32)16-23(35)22(30)17-27(37)38/h6,9,12-13,15,19,21-22H,4-5,7-8,10-11,14,16-18,30H2,1-3H3,(H,34,36)(H,37,38)(H4,31,32,33)/b9-6+/t21-,22+/m1/s1. The topological polar surface area (TPSA) is 209 Å². The minimum atomic E-state index is -1.24. The zero-order valence-electron chi connectivity index (χ0n) is 24.3. The lowest BCUT2D eigenvalue weighted by molar-refractivity contribution is -0.142. The van der Waals surface area contributed by atoms with Crippen LogP contribution < -0.4 is 32.0 Å². The second-order valence-electron chi connectivity index (χ2n) is 10.1. The van der Waals surface area contributed by atoms with Crippen molar-refractivity contribution in [2.45, 2.75) is 77.8 Å². The predicted octanol–water partition coefficient (Wildman–Crippen LogP) is 2.42. The second-order valence-corrected chi connectivity index (χ2v) is 10.1. The third kappa shape index (κ3) is 15.4. The van der Waals surface area contributed by atoms with E-state index in [-0.39, 0.29) is 49.3 Å². The molecule has 0 aliphatic carbocycles. The molecule has 0 radical (unpaired) electrons. The summed E-state index contributed by atoms with van der Waals surface area (Å²) in [4.78, 5) is 52.6. The average Bonchev–Trinajstić information content (AvgIpc) is 2.90. The van der Waals surface area contributed by atoms with Gasteiger partial charge in [0.15, 0.2) is 23.2 Å². The quantitative estimate of drug-likeness (QED) is 0.0383. The zero-order valence-corrected chi connectivity index (χ0v) is 24.3. The summed E-state index contributed by atoms with van der Waals surface area (Å²) in [5, 5.41) is 11.8. The number of guanidine groups is 1. The van der Waals surface area contributed by atoms with E-state index in [2.05, 4.69) is 36.3 Å². The molecule has 2 atom stereocenters. The van der Waals surface area contributed by atoms with Crippen LogP contribution in [0.25, 0.3) is 0 Å². The fraction of sp³-hybridized carbons (Fsp3) is 0.552. The fourth-order valence-electron chi connectivity index (χ4n) is 3.85. The van der Waals surface area contributed by atoms with Gasteiger partial charge < -0.3 is 37.1 Å². The molecule has 12 nitrogen and oxygen atoms in total. The van der Waals surface area contributed by atoms with E-state index in [0.29, 0.717) is 18.8 Å². The Kier molecular flexibility index (Phi) is 16.4. The maximum Gasteiger partial charge on any atom is 0.314 e. The van der Waals surface area contributed by atoms with Crippen molar-refractivity contribution in [1.82, 2.24) is 5.32 Å². The van der Waals surface area contributed by atoms with E-state index < -0.39 is 36.1 Å². The Morgan fingerprint density at radius 1 is 1.07 bits per heavy atom. The van der Waals surface area contributed by atoms with E-state index in [0.717, 1.165) is 24.8 Å². The number of nitrogens with one attached hydrogen (secondary N) is 1. The van der Waals surface area contributed by atoms with Crippen LogP contribution in [0.5, 0.6) is 11.5 Å². The summed E-state index contributed by atoms with van der Waals surface area (Å²) in [5.74, 6) is -2.61. The van der Waals surface area contributed by atoms with Crippen molar-refractivity contribution in [2.75, 3.05) is 13.7 Å². The summed E-state index contributed by atoms with van der Waals surface area (Å²) >= 11 is 0. The third-order valence-corrected chi connectivity index (χ3v) is 6.07. The zero-order chi connectivity index (χ0) is 30.8. The highest BCUT2D eigenvalue weighted by Gasteiger charge is 2.28. The van der Waals surface area contributed by atoms with Crippen LogP contribution in [0.4, 0.5) is 0 Å². The van der Waals surface area contributed by atoms with Crippen LogP contribution in [0.15, 0.2) is 35.3 Å². The molecule has 0 saturated heterocycles. The number of carboxylic acid groups (broad SMARTS) is 1. The number of aliphatic carboxylic acids is 1. The molecule has 1 rings (SSSR count). The van der Waals surface area contributed by atoms with Gasteiger partial charge in [0.1, 0.15) is 0 Å². The molecule has 41 heavy (non-hydrogen) atoms. The van der Waals surface area contributed by atoms with Crippen molar-refractivity contribution in [2.24, 2.45) is 34.0 Å². The molecule has 8 N–H and O–H groups in total. The first-order chi connectivity index (χ1) is 19.4. The molecule has 1 aromatic carbocycles. The first-order valence-corrected chi connectivity index (χ1v) is 13.8. The summed E-state index contributed by atoms with van der Waals surface area (Å²) in [6.07, 6.45) is 7.16. The molecule has 228 valence electrons. The lowest BCUT2D eigenvalue weighted by Crippen LogP contribution is -2.36. The number of hydrogen-bond donors (Lipinski definition) is 5. The highest BCUT2D eigenvalue weighted by atomic mass is 16.6. The van der Waals surface area contributed by atoms with Crippen molar-refractivity contribution in [3.63, 3.8) is 0 Å². The van der Waals surface area contributed by atoms with Gasteiger partial charge in [-0.2, -0.15) is 0 Å². The van der Waals surface area contributed by atoms with Crippen LogP contribution in [0.3, 0.4) is 0 Å². The predicted molar refractivity (Wildman–Crippen MR) is 156 cm³/mol. The summed E-state index contributed by atoms with van der Waals surface area (Å²) in [6, 6.07) is 3.66. The molecule has 0 fully saturated rings. The number of amides is 1. The number of carbonyl (C=O) groups is 4. The van der Waals surface area contributed by atoms with Crippen molar-refractivity contribution in [3.05, 3.63) is 35.9 Å². The van der Waals surface area contributed by atoms with Gasteiger partial charge in [0.2, 0.25) is 5.91 Å². The number of allylic oxidation sites excluding steroid dienone is 2. The van der Waals surface area contributed by atoms with Crippen molar-refractivity contribution < 1.29 is 33.8 Å². The number of carbonyl (C=O) groups excluding carboxylic acids is 3. The summed E-state index contributed by atoms with van der Waals surface area (Å²) < 4.78 is 11.0. The van der Waals surface area contributed by atoms with Gasteiger partial charge in [-0.25, -0.2) is 0 Å². The Morgan fingerprint density at radius 3 is 2.44 bits per heavy atom. The van der Waals surface area contributed by atoms with E-state index in [1.165, 1.54) is 7.11 Å². The van der Waals surface area contributed by atoms with Gasteiger partial charge in [-0.05, 0) is 55.7 Å². The Hall–Kier alpha value is -3.93. The molecular formula is C29H45N5O7. The highest BCUT2D eigenvalue weighted by molar-refractivity contribution is 5.91. The monoisotopic (exact) mass is 575 g/mol. The molecule has 0 aliphatic heterocycles. The molecule has 12 heteroatoms. The minimum absolute atomic E-state index is 0.0540. The van der Waals surface area contributed by atoms with Crippen LogP contribution in [0.2, 0.25) is 0 Å². The van der Waals surface area contributed by atoms with Crippen LogP contribution in [0, 0.1) is 11.8 Å². The van der Waals surface area contributed by atoms with Gasteiger partial charge >= 0.3 is 11.9 Å². The largest absolute Gasteiger partial charge is 0.493 e. The Morgan fingerprint density at radius 2 is 1.80 bits per heavy atom. The van der Waals surface area contributed by atoms with Gasteiger partial charge in [0, 0.05) is 25.9 Å². The van der Waals surface area contributed by atoms with E-state index in [9.17, 15) is 19.2 Å². The molecule has 0 bridgehead atoms. The number of hydrogen-bond acceptors (Lipinski definition) is 8. The molecule has 0 saturated carbocycles. The Bertz CT molecular complexity index is 1070. The van der Waals surface area contributed by atoms with Crippen LogP contribution in [0.1, 0.15) is 70.8 Å². The molecule has 0 heterocycles. The van der Waals surface area contributed by atoms with Gasteiger partial charge in [0.25, 0.3) is 0 Å². The number of unbranched alkanes of at least 4 members (excludes halogenated alkanes) is 2. The molecule has 0 aliphatic rings. The van der Waals surface area contributed by atoms with E-state index in [1.807, 2.05) is 0 Å². The van der Waals surface area contributed by atoms with Crippen molar-refractivity contribution in [3.8, 4) is 11.5 Å². The number of methoxy groups -OCH3 is 1. The number of carboxylic acids is 1. The van der Waals surface area contributed by atoms with Gasteiger partial charge in [-0.1, -0.05) is 32.1 Å². The van der Waals surface area contributed by atoms with Crippen molar-refractivity contribution >= 4 is 29.6 Å². The summed E-state index contributed by atoms with van der Waals surface area (Å²) in [7, 11) is 1.42. The van der Waals surface area contributed by atoms with E-state index >= 15 is 0 Å². The average molecular weight is 576 g/mol. The molecule has 1 amide bonds. The fourth-order valence-corrected chi connectivity index (χ4v) is 3.85. The number of benzene rings is 1. The lowest BCUT2D eigenvalue weighted by Gasteiger charge is -2.18. The number of Topliss-reactive ketones (excluding diaryl/α,β-unsaturated/α-hetero) is 1. The van der Waals surface area contributed by atoms with Crippen molar-refractivity contribution in [1.29, 1.82) is 0 Å². The van der Waals surface area contributed by atoms with Crippen LogP contribution in [-0.2, 0) is 25.7 Å². The Balaban J connectivity index is 2.79. The van der Waals surface area contributed by atoms with Crippen LogP contribution in [-0.4, -0.2) is 54.4 Å². The SMILES string of the molecule is COc1cc(CNC(=O)CCCC/C=C/C(C)C)ccc1OC(=O)[C@H](CCCN=C(N)N)CC(=O)[C@@H](N)CC(=O)O. The normalized spacial score (nSPS) is 12.5. The Labute approximate surface area is 241 Å². The number of rotatable bonds is 20. The number of nitrogens with two attached hydrogens (primary N) is 3. The minimum Gasteiger partial charge on any atom is -0.493 e. The second kappa shape index (κ2) is 19.2. The van der Waals surface area contributed by atoms with E-state index in [1.54, 1.807) is 18.2 Å². The summed E-state index contributed by atoms with van der Waals surface area (Å²) in [5.41, 5.74) is 17.1. The highest BCUT2D eigenvalue weighted by Crippen LogP contribution is 2.30. The first-order valence-electron chi connectivity index (χ1n) is 13.8. The molecule has 0 unspecified atom stereocenters. The number of nitrogens with zero attached hydrogens (tertiary/aromatic N) is 1. The van der Waals surface area contributed by atoms with Crippen LogP contribution >= 0.6 is 0 Å². The van der Waals surface area contributed by atoms with E-state index in [4.69, 9.17) is 31.8 Å². The smallest absolute Gasteiger partial charge is 0.314 e. The molecular weight excluding hydrogens is 530 g/mol. The summed E-state index contributed by atoms with van der Waals surface area (Å²) in [6.45, 7) is 4.76. The first kappa shape index (κ1) is 35.1. The molecule has 0 spiro atoms. The molecule has 0 aromatic heterocycles. The number of aliphatic imine (C=N–C) groups is 1. The maximum atomic E-state index is 13.1. The number of ether oxygens (including phenoxy) is 2. The third-order valence-electron chi connectivity index (χ3n) is 6.07. The van der Waals surface area contributed by atoms with Gasteiger partial charge in [0.05, 0.1) is 25.5 Å². The molecule has 1 aromatic rings. The maximum absolute atomic E-state index is 13.1. The number of ketones is 1. The van der Waals surface area contributed by atoms with Gasteiger partial charge in [-0.15, -0.1) is 0 Å².